The molecular weight excluding hydrogens is 271 g/mol. The Morgan fingerprint density at radius 1 is 1.19 bits per heavy atom. The van der Waals surface area contributed by atoms with Crippen molar-refractivity contribution in [2.75, 3.05) is 13.1 Å². The van der Waals surface area contributed by atoms with Gasteiger partial charge in [-0.1, -0.05) is 12.1 Å². The first-order valence-corrected chi connectivity index (χ1v) is 7.43. The highest BCUT2D eigenvalue weighted by Crippen LogP contribution is 2.29. The third-order valence-corrected chi connectivity index (χ3v) is 4.53. The molecule has 2 aliphatic heterocycles. The molecule has 112 valence electrons. The minimum absolute atomic E-state index is 0.0233. The smallest absolute Gasteiger partial charge is 0.245 e. The monoisotopic (exact) mass is 290 g/mol. The molecule has 2 saturated heterocycles. The molecule has 2 amide bonds. The van der Waals surface area contributed by atoms with Crippen molar-refractivity contribution in [3.05, 3.63) is 35.6 Å². The van der Waals surface area contributed by atoms with E-state index in [0.29, 0.717) is 19.5 Å². The maximum absolute atomic E-state index is 13.0. The van der Waals surface area contributed by atoms with Gasteiger partial charge in [-0.15, -0.1) is 0 Å². The van der Waals surface area contributed by atoms with E-state index in [1.807, 2.05) is 6.92 Å². The zero-order valence-corrected chi connectivity index (χ0v) is 12.1. The van der Waals surface area contributed by atoms with Crippen molar-refractivity contribution in [2.45, 2.75) is 38.3 Å². The van der Waals surface area contributed by atoms with Gasteiger partial charge < -0.3 is 9.80 Å². The maximum Gasteiger partial charge on any atom is 0.245 e. The van der Waals surface area contributed by atoms with Crippen LogP contribution in [0.3, 0.4) is 0 Å². The molecule has 1 aromatic carbocycles. The van der Waals surface area contributed by atoms with Crippen molar-refractivity contribution >= 4 is 11.8 Å². The molecule has 4 nitrogen and oxygen atoms in total. The SMILES string of the molecule is CC(c1ccc(F)cc1)N1CCC(=O)N2CCCC2C1=O. The average molecular weight is 290 g/mol. The third-order valence-electron chi connectivity index (χ3n) is 4.53. The molecule has 0 bridgehead atoms. The first-order chi connectivity index (χ1) is 10.1. The Morgan fingerprint density at radius 3 is 2.62 bits per heavy atom. The van der Waals surface area contributed by atoms with E-state index in [-0.39, 0.29) is 29.7 Å². The van der Waals surface area contributed by atoms with Gasteiger partial charge in [0.15, 0.2) is 0 Å². The van der Waals surface area contributed by atoms with E-state index in [1.165, 1.54) is 12.1 Å². The Morgan fingerprint density at radius 2 is 1.90 bits per heavy atom. The number of fused-ring (bicyclic) bond motifs is 1. The molecule has 0 saturated carbocycles. The summed E-state index contributed by atoms with van der Waals surface area (Å²) in [6, 6.07) is 5.76. The van der Waals surface area contributed by atoms with Crippen LogP contribution in [0.15, 0.2) is 24.3 Å². The number of hydrogen-bond donors (Lipinski definition) is 0. The molecule has 0 aromatic heterocycles. The van der Waals surface area contributed by atoms with Gasteiger partial charge in [-0.05, 0) is 37.5 Å². The van der Waals surface area contributed by atoms with Gasteiger partial charge in [-0.2, -0.15) is 0 Å². The second kappa shape index (κ2) is 5.47. The summed E-state index contributed by atoms with van der Waals surface area (Å²) in [6.45, 7) is 3.05. The second-order valence-electron chi connectivity index (χ2n) is 5.75. The topological polar surface area (TPSA) is 40.6 Å². The largest absolute Gasteiger partial charge is 0.334 e. The molecule has 5 heteroatoms. The Bertz CT molecular complexity index is 558. The molecule has 0 radical (unpaired) electrons. The molecule has 0 spiro atoms. The third kappa shape index (κ3) is 2.52. The fourth-order valence-corrected chi connectivity index (χ4v) is 3.29. The summed E-state index contributed by atoms with van der Waals surface area (Å²) in [5.74, 6) is -0.194. The normalized spacial score (nSPS) is 24.0. The molecule has 2 aliphatic rings. The lowest BCUT2D eigenvalue weighted by Gasteiger charge is -2.30. The van der Waals surface area contributed by atoms with Gasteiger partial charge in [0.25, 0.3) is 0 Å². The van der Waals surface area contributed by atoms with Crippen LogP contribution in [0.5, 0.6) is 0 Å². The summed E-state index contributed by atoms with van der Waals surface area (Å²) in [6.07, 6.45) is 2.01. The molecule has 2 heterocycles. The number of nitrogens with zero attached hydrogens (tertiary/aromatic N) is 2. The quantitative estimate of drug-likeness (QED) is 0.837. The highest BCUT2D eigenvalue weighted by atomic mass is 19.1. The molecule has 21 heavy (non-hydrogen) atoms. The molecule has 2 atom stereocenters. The van der Waals surface area contributed by atoms with Crippen LogP contribution in [0.25, 0.3) is 0 Å². The molecular formula is C16H19FN2O2. The van der Waals surface area contributed by atoms with E-state index in [9.17, 15) is 14.0 Å². The second-order valence-corrected chi connectivity index (χ2v) is 5.75. The van der Waals surface area contributed by atoms with E-state index in [1.54, 1.807) is 21.9 Å². The predicted molar refractivity (Wildman–Crippen MR) is 75.9 cm³/mol. The minimum Gasteiger partial charge on any atom is -0.334 e. The van der Waals surface area contributed by atoms with Gasteiger partial charge in [-0.3, -0.25) is 9.59 Å². The van der Waals surface area contributed by atoms with E-state index < -0.39 is 0 Å². The highest BCUT2D eigenvalue weighted by Gasteiger charge is 2.40. The van der Waals surface area contributed by atoms with Crippen LogP contribution >= 0.6 is 0 Å². The number of halogens is 1. The number of benzene rings is 1. The summed E-state index contributed by atoms with van der Waals surface area (Å²) in [5.41, 5.74) is 0.892. The Labute approximate surface area is 123 Å². The molecule has 0 aliphatic carbocycles. The van der Waals surface area contributed by atoms with Crippen molar-refractivity contribution < 1.29 is 14.0 Å². The Balaban J connectivity index is 1.85. The van der Waals surface area contributed by atoms with Crippen molar-refractivity contribution in [3.8, 4) is 0 Å². The molecule has 0 N–H and O–H groups in total. The van der Waals surface area contributed by atoms with Crippen LogP contribution in [0.2, 0.25) is 0 Å². The summed E-state index contributed by atoms with van der Waals surface area (Å²) >= 11 is 0. The van der Waals surface area contributed by atoms with Gasteiger partial charge in [0, 0.05) is 19.5 Å². The van der Waals surface area contributed by atoms with Crippen LogP contribution in [-0.2, 0) is 9.59 Å². The first-order valence-electron chi connectivity index (χ1n) is 7.43. The van der Waals surface area contributed by atoms with Crippen LogP contribution in [0, 0.1) is 5.82 Å². The number of hydrogen-bond acceptors (Lipinski definition) is 2. The Kier molecular flexibility index (Phi) is 3.66. The molecule has 3 rings (SSSR count). The summed E-state index contributed by atoms with van der Waals surface area (Å²) in [5, 5.41) is 0. The first kappa shape index (κ1) is 14.0. The van der Waals surface area contributed by atoms with Gasteiger partial charge in [0.2, 0.25) is 11.8 Å². The van der Waals surface area contributed by atoms with Gasteiger partial charge >= 0.3 is 0 Å². The summed E-state index contributed by atoms with van der Waals surface area (Å²) in [4.78, 5) is 28.3. The van der Waals surface area contributed by atoms with Gasteiger partial charge in [0.05, 0.1) is 6.04 Å². The fraction of sp³-hybridized carbons (Fsp3) is 0.500. The number of carbonyl (C=O) groups is 2. The van der Waals surface area contributed by atoms with E-state index in [2.05, 4.69) is 0 Å². The lowest BCUT2D eigenvalue weighted by molar-refractivity contribution is -0.140. The zero-order chi connectivity index (χ0) is 15.0. The summed E-state index contributed by atoms with van der Waals surface area (Å²) < 4.78 is 13.0. The van der Waals surface area contributed by atoms with Crippen molar-refractivity contribution in [1.82, 2.24) is 9.80 Å². The zero-order valence-electron chi connectivity index (χ0n) is 12.1. The van der Waals surface area contributed by atoms with Crippen molar-refractivity contribution in [3.63, 3.8) is 0 Å². The summed E-state index contributed by atoms with van der Waals surface area (Å²) in [7, 11) is 0. The van der Waals surface area contributed by atoms with E-state index in [0.717, 1.165) is 18.4 Å². The highest BCUT2D eigenvalue weighted by molar-refractivity contribution is 5.90. The number of carbonyl (C=O) groups excluding carboxylic acids is 2. The molecule has 1 aromatic rings. The molecule has 2 fully saturated rings. The fourth-order valence-electron chi connectivity index (χ4n) is 3.29. The number of rotatable bonds is 2. The van der Waals surface area contributed by atoms with Crippen LogP contribution in [0.1, 0.15) is 37.8 Å². The average Bonchev–Trinajstić information content (AvgIpc) is 2.93. The van der Waals surface area contributed by atoms with E-state index >= 15 is 0 Å². The molecule has 2 unspecified atom stereocenters. The van der Waals surface area contributed by atoms with Gasteiger partial charge in [0.1, 0.15) is 11.9 Å². The number of amides is 2. The maximum atomic E-state index is 13.0. The van der Waals surface area contributed by atoms with Crippen LogP contribution in [-0.4, -0.2) is 40.7 Å². The van der Waals surface area contributed by atoms with Crippen LogP contribution < -0.4 is 0 Å². The van der Waals surface area contributed by atoms with E-state index in [4.69, 9.17) is 0 Å². The standard InChI is InChI=1S/C16H19FN2O2/c1-11(12-4-6-13(17)7-5-12)18-10-8-15(20)19-9-2-3-14(19)16(18)21/h4-7,11,14H,2-3,8-10H2,1H3. The minimum atomic E-state index is -0.303. The van der Waals surface area contributed by atoms with Gasteiger partial charge in [-0.25, -0.2) is 4.39 Å². The lowest BCUT2D eigenvalue weighted by atomic mass is 10.1. The van der Waals surface area contributed by atoms with Crippen LogP contribution in [0.4, 0.5) is 4.39 Å². The lowest BCUT2D eigenvalue weighted by Crippen LogP contribution is -2.44. The van der Waals surface area contributed by atoms with Crippen molar-refractivity contribution in [1.29, 1.82) is 0 Å². The Hall–Kier alpha value is -1.91. The van der Waals surface area contributed by atoms with Crippen molar-refractivity contribution in [2.24, 2.45) is 0 Å². The predicted octanol–water partition coefficient (Wildman–Crippen LogP) is 2.11.